The summed E-state index contributed by atoms with van der Waals surface area (Å²) in [6.07, 6.45) is 4.64. The van der Waals surface area contributed by atoms with Crippen molar-refractivity contribution in [3.05, 3.63) is 22.5 Å². The summed E-state index contributed by atoms with van der Waals surface area (Å²) in [6.45, 7) is 7.48. The Morgan fingerprint density at radius 1 is 1.29 bits per heavy atom. The number of esters is 1. The highest BCUT2D eigenvalue weighted by Gasteiger charge is 2.24. The van der Waals surface area contributed by atoms with E-state index in [0.717, 1.165) is 24.1 Å². The summed E-state index contributed by atoms with van der Waals surface area (Å²) in [5, 5.41) is 0. The quantitative estimate of drug-likeness (QED) is 0.738. The van der Waals surface area contributed by atoms with Gasteiger partial charge in [0.05, 0.1) is 12.2 Å². The van der Waals surface area contributed by atoms with Gasteiger partial charge in [-0.15, -0.1) is 0 Å². The summed E-state index contributed by atoms with van der Waals surface area (Å²) >= 11 is 0. The number of fused-ring (bicyclic) bond motifs is 1. The third kappa shape index (κ3) is 2.11. The van der Waals surface area contributed by atoms with Crippen molar-refractivity contribution in [1.29, 1.82) is 0 Å². The minimum Gasteiger partial charge on any atom is -0.462 e. The molecule has 0 atom stereocenters. The van der Waals surface area contributed by atoms with E-state index in [4.69, 9.17) is 4.74 Å². The van der Waals surface area contributed by atoms with Crippen LogP contribution < -0.4 is 0 Å². The minimum atomic E-state index is -0.149. The van der Waals surface area contributed by atoms with E-state index in [1.807, 2.05) is 13.8 Å². The molecule has 0 spiro atoms. The van der Waals surface area contributed by atoms with Gasteiger partial charge in [-0.2, -0.15) is 0 Å². The number of rotatable bonds is 2. The summed E-state index contributed by atoms with van der Waals surface area (Å²) in [5.74, 6) is -0.149. The summed E-state index contributed by atoms with van der Waals surface area (Å²) < 4.78 is 7.49. The van der Waals surface area contributed by atoms with E-state index in [2.05, 4.69) is 11.5 Å². The molecule has 0 bridgehead atoms. The van der Waals surface area contributed by atoms with Crippen LogP contribution in [0.3, 0.4) is 0 Å². The van der Waals surface area contributed by atoms with Gasteiger partial charge in [-0.05, 0) is 45.6 Å². The topological polar surface area (TPSA) is 31.2 Å². The molecule has 2 heterocycles. The number of carbonyl (C=O) groups excluding carboxylic acids is 1. The van der Waals surface area contributed by atoms with Crippen molar-refractivity contribution in [2.45, 2.75) is 53.0 Å². The second-order valence-electron chi connectivity index (χ2n) is 4.71. The van der Waals surface area contributed by atoms with Crippen LogP contribution in [-0.4, -0.2) is 17.1 Å². The first kappa shape index (κ1) is 12.2. The highest BCUT2D eigenvalue weighted by Crippen LogP contribution is 2.27. The average molecular weight is 235 g/mol. The van der Waals surface area contributed by atoms with Crippen LogP contribution in [0.2, 0.25) is 0 Å². The highest BCUT2D eigenvalue weighted by molar-refractivity contribution is 5.93. The second kappa shape index (κ2) is 4.94. The van der Waals surface area contributed by atoms with Gasteiger partial charge in [-0.25, -0.2) is 4.79 Å². The molecule has 0 aromatic carbocycles. The van der Waals surface area contributed by atoms with Gasteiger partial charge in [0.1, 0.15) is 0 Å². The zero-order chi connectivity index (χ0) is 12.4. The number of nitrogens with zero attached hydrogens (tertiary/aromatic N) is 1. The van der Waals surface area contributed by atoms with E-state index in [1.54, 1.807) is 0 Å². The Morgan fingerprint density at radius 2 is 2.06 bits per heavy atom. The molecule has 0 saturated heterocycles. The maximum Gasteiger partial charge on any atom is 0.340 e. The Hall–Kier alpha value is -1.25. The molecule has 3 nitrogen and oxygen atoms in total. The molecule has 1 aromatic rings. The number of hydrogen-bond donors (Lipinski definition) is 0. The maximum atomic E-state index is 12.0. The molecule has 1 aliphatic rings. The lowest BCUT2D eigenvalue weighted by Crippen LogP contribution is -2.09. The predicted octanol–water partition coefficient (Wildman–Crippen LogP) is 3.01. The molecule has 0 N–H and O–H groups in total. The summed E-state index contributed by atoms with van der Waals surface area (Å²) in [6, 6.07) is 0. The third-order valence-corrected chi connectivity index (χ3v) is 3.71. The molecule has 0 fully saturated rings. The van der Waals surface area contributed by atoms with Crippen molar-refractivity contribution < 1.29 is 9.53 Å². The smallest absolute Gasteiger partial charge is 0.340 e. The third-order valence-electron chi connectivity index (χ3n) is 3.71. The molecule has 17 heavy (non-hydrogen) atoms. The molecule has 94 valence electrons. The van der Waals surface area contributed by atoms with Gasteiger partial charge in [-0.3, -0.25) is 0 Å². The molecule has 0 aliphatic carbocycles. The molecule has 2 rings (SSSR count). The zero-order valence-corrected chi connectivity index (χ0v) is 11.0. The standard InChI is InChI=1S/C14H21NO2/c1-4-17-14(16)13-10(2)11(3)15-9-7-5-6-8-12(13)15/h4-9H2,1-3H3. The van der Waals surface area contributed by atoms with E-state index in [-0.39, 0.29) is 5.97 Å². The fraction of sp³-hybridized carbons (Fsp3) is 0.643. The van der Waals surface area contributed by atoms with Crippen molar-refractivity contribution in [3.8, 4) is 0 Å². The van der Waals surface area contributed by atoms with Gasteiger partial charge in [0.2, 0.25) is 0 Å². The minimum absolute atomic E-state index is 0.149. The van der Waals surface area contributed by atoms with Crippen LogP contribution in [0.25, 0.3) is 0 Å². The number of ether oxygens (including phenoxy) is 1. The molecular weight excluding hydrogens is 214 g/mol. The van der Waals surface area contributed by atoms with Gasteiger partial charge in [-0.1, -0.05) is 6.42 Å². The van der Waals surface area contributed by atoms with Crippen LogP contribution >= 0.6 is 0 Å². The zero-order valence-electron chi connectivity index (χ0n) is 11.0. The van der Waals surface area contributed by atoms with Crippen LogP contribution in [0.1, 0.15) is 53.5 Å². The van der Waals surface area contributed by atoms with Crippen molar-refractivity contribution in [2.75, 3.05) is 6.61 Å². The highest BCUT2D eigenvalue weighted by atomic mass is 16.5. The first-order valence-corrected chi connectivity index (χ1v) is 6.52. The normalized spacial score (nSPS) is 15.2. The molecule has 0 radical (unpaired) electrons. The van der Waals surface area contributed by atoms with Gasteiger partial charge >= 0.3 is 5.97 Å². The van der Waals surface area contributed by atoms with Crippen molar-refractivity contribution >= 4 is 5.97 Å². The molecule has 3 heteroatoms. The van der Waals surface area contributed by atoms with Crippen molar-refractivity contribution in [2.24, 2.45) is 0 Å². The second-order valence-corrected chi connectivity index (χ2v) is 4.71. The Labute approximate surface area is 103 Å². The SMILES string of the molecule is CCOC(=O)c1c(C)c(C)n2c1CCCCC2. The van der Waals surface area contributed by atoms with Crippen LogP contribution in [0, 0.1) is 13.8 Å². The Morgan fingerprint density at radius 3 is 2.76 bits per heavy atom. The lowest BCUT2D eigenvalue weighted by Gasteiger charge is -2.08. The van der Waals surface area contributed by atoms with Gasteiger partial charge in [0.25, 0.3) is 0 Å². The number of aromatic nitrogens is 1. The number of carbonyl (C=O) groups is 1. The Bertz CT molecular complexity index is 432. The summed E-state index contributed by atoms with van der Waals surface area (Å²) in [5.41, 5.74) is 4.34. The van der Waals surface area contributed by atoms with Crippen molar-refractivity contribution in [1.82, 2.24) is 4.57 Å². The molecular formula is C14H21NO2. The van der Waals surface area contributed by atoms with Gasteiger partial charge < -0.3 is 9.30 Å². The fourth-order valence-corrected chi connectivity index (χ4v) is 2.71. The van der Waals surface area contributed by atoms with Gasteiger partial charge in [0, 0.05) is 17.9 Å². The lowest BCUT2D eigenvalue weighted by molar-refractivity contribution is 0.0524. The molecule has 1 aromatic heterocycles. The first-order chi connectivity index (χ1) is 8.16. The van der Waals surface area contributed by atoms with Crippen LogP contribution in [-0.2, 0) is 17.7 Å². The summed E-state index contributed by atoms with van der Waals surface area (Å²) in [4.78, 5) is 12.0. The van der Waals surface area contributed by atoms with Crippen LogP contribution in [0.4, 0.5) is 0 Å². The molecule has 0 unspecified atom stereocenters. The molecule has 0 amide bonds. The number of hydrogen-bond acceptors (Lipinski definition) is 2. The van der Waals surface area contributed by atoms with E-state index in [9.17, 15) is 4.79 Å². The average Bonchev–Trinajstić information content (AvgIpc) is 2.49. The molecule has 0 saturated carbocycles. The monoisotopic (exact) mass is 235 g/mol. The Balaban J connectivity index is 2.47. The van der Waals surface area contributed by atoms with E-state index < -0.39 is 0 Å². The van der Waals surface area contributed by atoms with E-state index in [0.29, 0.717) is 6.61 Å². The van der Waals surface area contributed by atoms with Crippen LogP contribution in [0.5, 0.6) is 0 Å². The van der Waals surface area contributed by atoms with Crippen LogP contribution in [0.15, 0.2) is 0 Å². The van der Waals surface area contributed by atoms with Gasteiger partial charge in [0.15, 0.2) is 0 Å². The Kier molecular flexibility index (Phi) is 3.55. The fourth-order valence-electron chi connectivity index (χ4n) is 2.71. The van der Waals surface area contributed by atoms with Crippen molar-refractivity contribution in [3.63, 3.8) is 0 Å². The maximum absolute atomic E-state index is 12.0. The largest absolute Gasteiger partial charge is 0.462 e. The lowest BCUT2D eigenvalue weighted by atomic mass is 10.1. The predicted molar refractivity (Wildman–Crippen MR) is 67.4 cm³/mol. The molecule has 1 aliphatic heterocycles. The first-order valence-electron chi connectivity index (χ1n) is 6.52. The van der Waals surface area contributed by atoms with E-state index >= 15 is 0 Å². The van der Waals surface area contributed by atoms with E-state index in [1.165, 1.54) is 30.7 Å². The summed E-state index contributed by atoms with van der Waals surface area (Å²) in [7, 11) is 0.